The first kappa shape index (κ1) is 22.4. The summed E-state index contributed by atoms with van der Waals surface area (Å²) in [7, 11) is 1.04. The van der Waals surface area contributed by atoms with Gasteiger partial charge in [0.1, 0.15) is 18.8 Å². The minimum atomic E-state index is -2.28. The summed E-state index contributed by atoms with van der Waals surface area (Å²) in [5.74, 6) is -6.38. The van der Waals surface area contributed by atoms with Crippen molar-refractivity contribution in [1.82, 2.24) is 0 Å². The molecule has 1 rings (SSSR count). The van der Waals surface area contributed by atoms with E-state index in [1.807, 2.05) is 0 Å². The van der Waals surface area contributed by atoms with Crippen LogP contribution in [0.3, 0.4) is 0 Å². The van der Waals surface area contributed by atoms with Crippen molar-refractivity contribution in [1.29, 1.82) is 0 Å². The van der Waals surface area contributed by atoms with Crippen molar-refractivity contribution in [2.45, 2.75) is 58.2 Å². The summed E-state index contributed by atoms with van der Waals surface area (Å²) in [5, 5.41) is 0. The van der Waals surface area contributed by atoms with Gasteiger partial charge in [0.25, 0.3) is 0 Å². The van der Waals surface area contributed by atoms with Crippen molar-refractivity contribution in [3.8, 4) is 0 Å². The van der Waals surface area contributed by atoms with Gasteiger partial charge in [0.15, 0.2) is 6.10 Å². The van der Waals surface area contributed by atoms with Crippen LogP contribution in [0.4, 0.5) is 0 Å². The van der Waals surface area contributed by atoms with Crippen molar-refractivity contribution in [2.24, 2.45) is 0 Å². The van der Waals surface area contributed by atoms with Gasteiger partial charge >= 0.3 is 35.6 Å². The number of ether oxygens (including phenoxy) is 6. The molecule has 0 aromatic carbocycles. The van der Waals surface area contributed by atoms with Crippen molar-refractivity contribution in [2.75, 3.05) is 13.7 Å². The Kier molecular flexibility index (Phi) is 7.70. The SMILES string of the molecule is COC(=O)[C@@]1(OC(C)=O)C[C@@H](OC(C)=O)[C@H](OC(C)=O)[C@@H](COC(C)=O)O1. The van der Waals surface area contributed by atoms with E-state index in [1.54, 1.807) is 0 Å². The minimum absolute atomic E-state index is 0.467. The average Bonchev–Trinajstić information content (AvgIpc) is 2.53. The zero-order chi connectivity index (χ0) is 20.8. The number of hydrogen-bond donors (Lipinski definition) is 0. The van der Waals surface area contributed by atoms with Crippen LogP contribution in [0.5, 0.6) is 0 Å². The fourth-order valence-corrected chi connectivity index (χ4v) is 2.60. The molecule has 0 aliphatic carbocycles. The molecule has 0 unspecified atom stereocenters. The molecule has 0 spiro atoms. The Morgan fingerprint density at radius 3 is 1.96 bits per heavy atom. The maximum Gasteiger partial charge on any atom is 0.379 e. The normalized spacial score (nSPS) is 27.1. The molecule has 0 N–H and O–H groups in total. The molecule has 0 amide bonds. The third-order valence-corrected chi connectivity index (χ3v) is 3.42. The Bertz CT molecular complexity index is 613. The largest absolute Gasteiger partial charge is 0.464 e. The smallest absolute Gasteiger partial charge is 0.379 e. The number of hydrogen-bond acceptors (Lipinski definition) is 11. The lowest BCUT2D eigenvalue weighted by molar-refractivity contribution is -0.307. The second kappa shape index (κ2) is 9.31. The fourth-order valence-electron chi connectivity index (χ4n) is 2.60. The molecule has 1 fully saturated rings. The van der Waals surface area contributed by atoms with Crippen molar-refractivity contribution < 1.29 is 52.4 Å². The Labute approximate surface area is 155 Å². The van der Waals surface area contributed by atoms with Crippen molar-refractivity contribution >= 4 is 29.8 Å². The summed E-state index contributed by atoms with van der Waals surface area (Å²) in [6, 6.07) is 0. The van der Waals surface area contributed by atoms with E-state index in [0.717, 1.165) is 34.8 Å². The van der Waals surface area contributed by atoms with Gasteiger partial charge in [-0.1, -0.05) is 0 Å². The predicted octanol–water partition coefficient (Wildman–Crippen LogP) is -0.366. The van der Waals surface area contributed by atoms with Gasteiger partial charge in [-0.25, -0.2) is 4.79 Å². The first-order valence-corrected chi connectivity index (χ1v) is 7.94. The van der Waals surface area contributed by atoms with Crippen LogP contribution in [0.15, 0.2) is 0 Å². The maximum atomic E-state index is 12.3. The molecule has 4 atom stereocenters. The highest BCUT2D eigenvalue weighted by Gasteiger charge is 2.58. The molecule has 1 heterocycles. The highest BCUT2D eigenvalue weighted by molar-refractivity contribution is 5.81. The Morgan fingerprint density at radius 2 is 1.52 bits per heavy atom. The van der Waals surface area contributed by atoms with Gasteiger partial charge in [-0.2, -0.15) is 0 Å². The lowest BCUT2D eigenvalue weighted by Gasteiger charge is -2.44. The summed E-state index contributed by atoms with van der Waals surface area (Å²) >= 11 is 0. The number of carbonyl (C=O) groups excluding carboxylic acids is 5. The summed E-state index contributed by atoms with van der Waals surface area (Å²) in [5.41, 5.74) is 0. The molecule has 27 heavy (non-hydrogen) atoms. The molecular weight excluding hydrogens is 368 g/mol. The first-order valence-electron chi connectivity index (χ1n) is 7.94. The fraction of sp³-hybridized carbons (Fsp3) is 0.688. The van der Waals surface area contributed by atoms with E-state index >= 15 is 0 Å². The van der Waals surface area contributed by atoms with E-state index in [2.05, 4.69) is 4.74 Å². The first-order chi connectivity index (χ1) is 12.5. The van der Waals surface area contributed by atoms with Crippen LogP contribution >= 0.6 is 0 Å². The standard InChI is InChI=1S/C16H22O11/c1-8(17)23-7-13-14(25-10(3)19)12(24-9(2)18)6-16(27-13,15(21)22-5)26-11(4)20/h12-14H,6-7H2,1-5H3/t12-,13-,14+,16-/m1/s1. The van der Waals surface area contributed by atoms with Gasteiger partial charge in [-0.05, 0) is 0 Å². The molecule has 11 heteroatoms. The van der Waals surface area contributed by atoms with Gasteiger partial charge in [-0.15, -0.1) is 0 Å². The molecule has 152 valence electrons. The van der Waals surface area contributed by atoms with Gasteiger partial charge in [0.2, 0.25) is 0 Å². The van der Waals surface area contributed by atoms with Crippen LogP contribution in [0, 0.1) is 0 Å². The van der Waals surface area contributed by atoms with Crippen LogP contribution in [0.2, 0.25) is 0 Å². The van der Waals surface area contributed by atoms with E-state index in [0.29, 0.717) is 0 Å². The van der Waals surface area contributed by atoms with E-state index in [9.17, 15) is 24.0 Å². The van der Waals surface area contributed by atoms with Crippen LogP contribution in [-0.4, -0.2) is 67.7 Å². The predicted molar refractivity (Wildman–Crippen MR) is 83.7 cm³/mol. The zero-order valence-corrected chi connectivity index (χ0v) is 15.6. The average molecular weight is 390 g/mol. The number of esters is 5. The maximum absolute atomic E-state index is 12.3. The lowest BCUT2D eigenvalue weighted by Crippen LogP contribution is -2.62. The third-order valence-electron chi connectivity index (χ3n) is 3.42. The third kappa shape index (κ3) is 6.20. The molecule has 1 aliphatic rings. The van der Waals surface area contributed by atoms with Crippen LogP contribution in [0.25, 0.3) is 0 Å². The van der Waals surface area contributed by atoms with E-state index in [4.69, 9.17) is 23.7 Å². The van der Waals surface area contributed by atoms with Gasteiger partial charge in [0.05, 0.1) is 13.5 Å². The summed E-state index contributed by atoms with van der Waals surface area (Å²) in [6.45, 7) is 3.92. The Morgan fingerprint density at radius 1 is 0.926 bits per heavy atom. The highest BCUT2D eigenvalue weighted by atomic mass is 16.8. The van der Waals surface area contributed by atoms with Crippen molar-refractivity contribution in [3.05, 3.63) is 0 Å². The summed E-state index contributed by atoms with van der Waals surface area (Å²) in [4.78, 5) is 57.9. The molecule has 11 nitrogen and oxygen atoms in total. The number of methoxy groups -OCH3 is 1. The topological polar surface area (TPSA) is 141 Å². The zero-order valence-electron chi connectivity index (χ0n) is 15.6. The molecule has 1 saturated heterocycles. The van der Waals surface area contributed by atoms with Gasteiger partial charge in [-0.3, -0.25) is 19.2 Å². The Hall–Kier alpha value is -2.69. The number of rotatable bonds is 6. The Balaban J connectivity index is 3.34. The van der Waals surface area contributed by atoms with E-state index < -0.39 is 67.0 Å². The lowest BCUT2D eigenvalue weighted by atomic mass is 9.94. The highest BCUT2D eigenvalue weighted by Crippen LogP contribution is 2.35. The monoisotopic (exact) mass is 390 g/mol. The van der Waals surface area contributed by atoms with Crippen molar-refractivity contribution in [3.63, 3.8) is 0 Å². The summed E-state index contributed by atoms with van der Waals surface area (Å²) < 4.78 is 30.4. The molecule has 0 saturated carbocycles. The molecule has 0 bridgehead atoms. The van der Waals surface area contributed by atoms with Crippen LogP contribution < -0.4 is 0 Å². The number of carbonyl (C=O) groups is 5. The summed E-state index contributed by atoms with van der Waals surface area (Å²) in [6.07, 6.45) is -4.24. The molecule has 1 aliphatic heterocycles. The van der Waals surface area contributed by atoms with E-state index in [1.165, 1.54) is 0 Å². The van der Waals surface area contributed by atoms with Crippen LogP contribution in [0.1, 0.15) is 34.1 Å². The molecule has 0 aromatic rings. The van der Waals surface area contributed by atoms with Crippen LogP contribution in [-0.2, 0) is 52.4 Å². The second-order valence-electron chi connectivity index (χ2n) is 5.72. The minimum Gasteiger partial charge on any atom is -0.464 e. The van der Waals surface area contributed by atoms with Gasteiger partial charge < -0.3 is 28.4 Å². The molecule has 0 aromatic heterocycles. The van der Waals surface area contributed by atoms with Gasteiger partial charge in [0, 0.05) is 27.7 Å². The second-order valence-corrected chi connectivity index (χ2v) is 5.72. The molecule has 0 radical (unpaired) electrons. The molecular formula is C16H22O11. The van der Waals surface area contributed by atoms with E-state index in [-0.39, 0.29) is 0 Å². The quantitative estimate of drug-likeness (QED) is 0.433.